The van der Waals surface area contributed by atoms with Gasteiger partial charge in [-0.1, -0.05) is 0 Å². The van der Waals surface area contributed by atoms with Gasteiger partial charge < -0.3 is 5.32 Å². The van der Waals surface area contributed by atoms with E-state index in [9.17, 15) is 4.39 Å². The molecule has 56 valence electrons. The highest BCUT2D eigenvalue weighted by atomic mass is 19.1. The third-order valence-corrected chi connectivity index (χ3v) is 1.37. The summed E-state index contributed by atoms with van der Waals surface area (Å²) in [5.74, 6) is -0.397. The van der Waals surface area contributed by atoms with E-state index >= 15 is 0 Å². The van der Waals surface area contributed by atoms with Crippen LogP contribution in [0.2, 0.25) is 0 Å². The second-order valence-corrected chi connectivity index (χ2v) is 2.06. The van der Waals surface area contributed by atoms with E-state index in [0.717, 1.165) is 0 Å². The van der Waals surface area contributed by atoms with Crippen LogP contribution in [0.5, 0.6) is 0 Å². The minimum absolute atomic E-state index is 0.335. The maximum absolute atomic E-state index is 12.8. The average molecular weight is 150 g/mol. The highest BCUT2D eigenvalue weighted by Gasteiger charge is 1.99. The Morgan fingerprint density at radius 2 is 2.27 bits per heavy atom. The van der Waals surface area contributed by atoms with Gasteiger partial charge in [0.1, 0.15) is 5.82 Å². The van der Waals surface area contributed by atoms with Gasteiger partial charge in [0, 0.05) is 7.05 Å². The van der Waals surface area contributed by atoms with Crippen LogP contribution in [0.1, 0.15) is 5.56 Å². The molecule has 1 rings (SSSR count). The van der Waals surface area contributed by atoms with Crippen LogP contribution in [0.15, 0.2) is 18.2 Å². The highest BCUT2D eigenvalue weighted by molar-refractivity contribution is 5.48. The molecule has 3 heteroatoms. The summed E-state index contributed by atoms with van der Waals surface area (Å²) < 4.78 is 12.8. The fourth-order valence-corrected chi connectivity index (χ4v) is 0.787. The summed E-state index contributed by atoms with van der Waals surface area (Å²) in [5.41, 5.74) is 0.741. The molecule has 11 heavy (non-hydrogen) atoms. The number of rotatable bonds is 1. The van der Waals surface area contributed by atoms with Gasteiger partial charge in [-0.15, -0.1) is 0 Å². The summed E-state index contributed by atoms with van der Waals surface area (Å²) in [5, 5.41) is 11.1. The standard InChI is InChI=1S/C8H7FN2/c1-11-8-3-2-6(5-10)4-7(8)9/h2-4,11H,1H3. The molecule has 0 aliphatic rings. The number of hydrogen-bond acceptors (Lipinski definition) is 2. The molecule has 0 fully saturated rings. The van der Waals surface area contributed by atoms with Crippen molar-refractivity contribution in [1.29, 1.82) is 5.26 Å². The van der Waals surface area contributed by atoms with Gasteiger partial charge in [0.15, 0.2) is 0 Å². The summed E-state index contributed by atoms with van der Waals surface area (Å²) in [4.78, 5) is 0. The Balaban J connectivity index is 3.12. The molecule has 0 saturated carbocycles. The Labute approximate surface area is 64.3 Å². The topological polar surface area (TPSA) is 35.8 Å². The summed E-state index contributed by atoms with van der Waals surface area (Å²) in [7, 11) is 1.63. The second kappa shape index (κ2) is 3.02. The van der Waals surface area contributed by atoms with Crippen molar-refractivity contribution in [2.24, 2.45) is 0 Å². The molecule has 0 unspecified atom stereocenters. The molecule has 1 aromatic rings. The molecular formula is C8H7FN2. The SMILES string of the molecule is CNc1ccc(C#N)cc1F. The molecule has 0 bridgehead atoms. The zero-order chi connectivity index (χ0) is 8.27. The lowest BCUT2D eigenvalue weighted by atomic mass is 10.2. The van der Waals surface area contributed by atoms with Gasteiger partial charge in [-0.25, -0.2) is 4.39 Å². The van der Waals surface area contributed by atoms with Gasteiger partial charge in [-0.2, -0.15) is 5.26 Å². The molecule has 1 aromatic carbocycles. The van der Waals surface area contributed by atoms with E-state index in [-0.39, 0.29) is 0 Å². The van der Waals surface area contributed by atoms with Crippen LogP contribution in [0, 0.1) is 17.1 Å². The van der Waals surface area contributed by atoms with Crippen molar-refractivity contribution in [3.05, 3.63) is 29.6 Å². The van der Waals surface area contributed by atoms with Gasteiger partial charge in [0.25, 0.3) is 0 Å². The van der Waals surface area contributed by atoms with Crippen molar-refractivity contribution >= 4 is 5.69 Å². The number of halogens is 1. The smallest absolute Gasteiger partial charge is 0.147 e. The van der Waals surface area contributed by atoms with E-state index < -0.39 is 5.82 Å². The third kappa shape index (κ3) is 1.47. The Morgan fingerprint density at radius 3 is 2.73 bits per heavy atom. The van der Waals surface area contributed by atoms with E-state index in [2.05, 4.69) is 5.32 Å². The third-order valence-electron chi connectivity index (χ3n) is 1.37. The first kappa shape index (κ1) is 7.55. The van der Waals surface area contributed by atoms with Crippen molar-refractivity contribution in [2.75, 3.05) is 12.4 Å². The fourth-order valence-electron chi connectivity index (χ4n) is 0.787. The van der Waals surface area contributed by atoms with Crippen molar-refractivity contribution < 1.29 is 4.39 Å². The number of benzene rings is 1. The van der Waals surface area contributed by atoms with Gasteiger partial charge >= 0.3 is 0 Å². The first-order valence-electron chi connectivity index (χ1n) is 3.15. The normalized spacial score (nSPS) is 8.82. The van der Waals surface area contributed by atoms with Crippen LogP contribution in [-0.4, -0.2) is 7.05 Å². The van der Waals surface area contributed by atoms with Crippen molar-refractivity contribution in [3.8, 4) is 6.07 Å². The molecule has 0 aromatic heterocycles. The van der Waals surface area contributed by atoms with Crippen LogP contribution in [0.3, 0.4) is 0 Å². The number of nitrogens with one attached hydrogen (secondary N) is 1. The monoisotopic (exact) mass is 150 g/mol. The first-order valence-corrected chi connectivity index (χ1v) is 3.15. The minimum atomic E-state index is -0.397. The molecule has 0 atom stereocenters. The highest BCUT2D eigenvalue weighted by Crippen LogP contribution is 2.13. The predicted octanol–water partition coefficient (Wildman–Crippen LogP) is 1.74. The van der Waals surface area contributed by atoms with Crippen molar-refractivity contribution in [1.82, 2.24) is 0 Å². The molecule has 0 radical (unpaired) electrons. The number of nitriles is 1. The molecule has 0 aliphatic heterocycles. The van der Waals surface area contributed by atoms with Crippen molar-refractivity contribution in [3.63, 3.8) is 0 Å². The van der Waals surface area contributed by atoms with E-state index in [1.165, 1.54) is 12.1 Å². The largest absolute Gasteiger partial charge is 0.386 e. The van der Waals surface area contributed by atoms with Crippen LogP contribution in [0.25, 0.3) is 0 Å². The average Bonchev–Trinajstić information content (AvgIpc) is 2.04. The van der Waals surface area contributed by atoms with Crippen LogP contribution >= 0.6 is 0 Å². The first-order chi connectivity index (χ1) is 5.27. The Bertz CT molecular complexity index is 301. The predicted molar refractivity (Wildman–Crippen MR) is 40.7 cm³/mol. The van der Waals surface area contributed by atoms with Gasteiger partial charge in [-0.3, -0.25) is 0 Å². The zero-order valence-electron chi connectivity index (χ0n) is 6.06. The molecule has 2 nitrogen and oxygen atoms in total. The van der Waals surface area contributed by atoms with Crippen LogP contribution in [0.4, 0.5) is 10.1 Å². The lowest BCUT2D eigenvalue weighted by Gasteiger charge is -2.00. The van der Waals surface area contributed by atoms with Crippen LogP contribution in [-0.2, 0) is 0 Å². The van der Waals surface area contributed by atoms with E-state index in [1.54, 1.807) is 13.1 Å². The van der Waals surface area contributed by atoms with Crippen molar-refractivity contribution in [2.45, 2.75) is 0 Å². The number of nitrogens with zero attached hydrogens (tertiary/aromatic N) is 1. The minimum Gasteiger partial charge on any atom is -0.386 e. The maximum Gasteiger partial charge on any atom is 0.147 e. The second-order valence-electron chi connectivity index (χ2n) is 2.06. The Kier molecular flexibility index (Phi) is 2.07. The molecule has 1 N–H and O–H groups in total. The van der Waals surface area contributed by atoms with Crippen LogP contribution < -0.4 is 5.32 Å². The zero-order valence-corrected chi connectivity index (χ0v) is 6.06. The number of anilines is 1. The lowest BCUT2D eigenvalue weighted by Crippen LogP contribution is -1.92. The molecule has 0 amide bonds. The molecule has 0 aliphatic carbocycles. The fraction of sp³-hybridized carbons (Fsp3) is 0.125. The molecule has 0 heterocycles. The Morgan fingerprint density at radius 1 is 1.55 bits per heavy atom. The number of hydrogen-bond donors (Lipinski definition) is 1. The van der Waals surface area contributed by atoms with E-state index in [4.69, 9.17) is 5.26 Å². The molecular weight excluding hydrogens is 143 g/mol. The summed E-state index contributed by atoms with van der Waals surface area (Å²) in [6.45, 7) is 0. The lowest BCUT2D eigenvalue weighted by molar-refractivity contribution is 0.631. The van der Waals surface area contributed by atoms with E-state index in [0.29, 0.717) is 11.3 Å². The summed E-state index contributed by atoms with van der Waals surface area (Å²) >= 11 is 0. The Hall–Kier alpha value is -1.56. The maximum atomic E-state index is 12.8. The van der Waals surface area contributed by atoms with Gasteiger partial charge in [-0.05, 0) is 18.2 Å². The van der Waals surface area contributed by atoms with Gasteiger partial charge in [0.05, 0.1) is 17.3 Å². The quantitative estimate of drug-likeness (QED) is 0.661. The van der Waals surface area contributed by atoms with E-state index in [1.807, 2.05) is 6.07 Å². The summed E-state index contributed by atoms with van der Waals surface area (Å²) in [6, 6.07) is 6.15. The molecule has 0 spiro atoms. The van der Waals surface area contributed by atoms with Gasteiger partial charge in [0.2, 0.25) is 0 Å². The summed E-state index contributed by atoms with van der Waals surface area (Å²) in [6.07, 6.45) is 0. The molecule has 0 saturated heterocycles.